The van der Waals surface area contributed by atoms with E-state index < -0.39 is 0 Å². The Morgan fingerprint density at radius 1 is 1.40 bits per heavy atom. The third kappa shape index (κ3) is 5.25. The average molecular weight is 309 g/mol. The van der Waals surface area contributed by atoms with Crippen molar-refractivity contribution >= 4 is 39.3 Å². The van der Waals surface area contributed by atoms with E-state index in [1.807, 2.05) is 23.9 Å². The molecule has 0 aromatic heterocycles. The summed E-state index contributed by atoms with van der Waals surface area (Å²) in [5.74, 6) is 2.12. The van der Waals surface area contributed by atoms with Gasteiger partial charge in [-0.05, 0) is 31.8 Å². The van der Waals surface area contributed by atoms with Gasteiger partial charge in [-0.25, -0.2) is 0 Å². The summed E-state index contributed by atoms with van der Waals surface area (Å²) >= 11 is 11.4. The first-order valence-electron chi connectivity index (χ1n) is 4.76. The molecule has 1 nitrogen and oxygen atoms in total. The maximum atomic E-state index is 6.12. The summed E-state index contributed by atoms with van der Waals surface area (Å²) in [6.07, 6.45) is 0. The monoisotopic (exact) mass is 307 g/mol. The van der Waals surface area contributed by atoms with Crippen LogP contribution in [0.1, 0.15) is 5.56 Å². The molecule has 1 rings (SSSR count). The number of thioether (sulfide) groups is 1. The normalized spacial score (nSPS) is 11.0. The van der Waals surface area contributed by atoms with Crippen LogP contribution in [0.3, 0.4) is 0 Å². The van der Waals surface area contributed by atoms with Gasteiger partial charge >= 0.3 is 0 Å². The van der Waals surface area contributed by atoms with Gasteiger partial charge < -0.3 is 4.90 Å². The fraction of sp³-hybridized carbons (Fsp3) is 0.455. The second-order valence-electron chi connectivity index (χ2n) is 3.59. The fourth-order valence-corrected chi connectivity index (χ4v) is 3.00. The van der Waals surface area contributed by atoms with Crippen LogP contribution in [-0.2, 0) is 5.75 Å². The molecule has 0 aliphatic heterocycles. The van der Waals surface area contributed by atoms with Gasteiger partial charge in [-0.15, -0.1) is 0 Å². The Labute approximate surface area is 109 Å². The minimum Gasteiger partial charge on any atom is -0.309 e. The number of rotatable bonds is 5. The van der Waals surface area contributed by atoms with Crippen LogP contribution in [-0.4, -0.2) is 31.3 Å². The minimum atomic E-state index is 0.849. The third-order valence-electron chi connectivity index (χ3n) is 1.96. The maximum absolute atomic E-state index is 6.12. The molecule has 0 N–H and O–H groups in total. The van der Waals surface area contributed by atoms with Crippen molar-refractivity contribution < 1.29 is 0 Å². The molecule has 84 valence electrons. The number of hydrogen-bond donors (Lipinski definition) is 0. The molecule has 1 aromatic carbocycles. The first-order chi connectivity index (χ1) is 7.09. The summed E-state index contributed by atoms with van der Waals surface area (Å²) in [6, 6.07) is 6.06. The molecule has 0 radical (unpaired) electrons. The summed E-state index contributed by atoms with van der Waals surface area (Å²) in [6.45, 7) is 1.11. The standard InChI is InChI=1S/C11H15BrClNS/c1-14(2)5-6-15-8-9-3-4-10(12)7-11(9)13/h3-4,7H,5-6,8H2,1-2H3. The van der Waals surface area contributed by atoms with E-state index in [0.29, 0.717) is 0 Å². The predicted octanol–water partition coefficient (Wildman–Crippen LogP) is 3.90. The Bertz CT molecular complexity index is 317. The minimum absolute atomic E-state index is 0.849. The molecule has 0 unspecified atom stereocenters. The number of halogens is 2. The Hall–Kier alpha value is 0.300. The lowest BCUT2D eigenvalue weighted by atomic mass is 10.2. The lowest BCUT2D eigenvalue weighted by Gasteiger charge is -2.09. The van der Waals surface area contributed by atoms with Crippen LogP contribution >= 0.6 is 39.3 Å². The van der Waals surface area contributed by atoms with Crippen molar-refractivity contribution in [2.75, 3.05) is 26.4 Å². The first-order valence-corrected chi connectivity index (χ1v) is 7.08. The fourth-order valence-electron chi connectivity index (χ4n) is 1.07. The van der Waals surface area contributed by atoms with Crippen molar-refractivity contribution in [3.05, 3.63) is 33.3 Å². The molecular weight excluding hydrogens is 294 g/mol. The molecule has 0 bridgehead atoms. The zero-order valence-corrected chi connectivity index (χ0v) is 12.1. The van der Waals surface area contributed by atoms with Crippen molar-refractivity contribution in [2.24, 2.45) is 0 Å². The second-order valence-corrected chi connectivity index (χ2v) is 6.02. The van der Waals surface area contributed by atoms with Gasteiger partial charge in [-0.2, -0.15) is 11.8 Å². The summed E-state index contributed by atoms with van der Waals surface area (Å²) in [4.78, 5) is 2.19. The molecule has 0 saturated heterocycles. The van der Waals surface area contributed by atoms with E-state index >= 15 is 0 Å². The maximum Gasteiger partial charge on any atom is 0.0457 e. The summed E-state index contributed by atoms with van der Waals surface area (Å²) in [7, 11) is 4.18. The Kier molecular flexibility index (Phi) is 6.05. The molecule has 0 spiro atoms. The van der Waals surface area contributed by atoms with Gasteiger partial charge in [0.25, 0.3) is 0 Å². The van der Waals surface area contributed by atoms with Crippen molar-refractivity contribution in [3.63, 3.8) is 0 Å². The highest BCUT2D eigenvalue weighted by molar-refractivity contribution is 9.10. The quantitative estimate of drug-likeness (QED) is 0.759. The Morgan fingerprint density at radius 3 is 2.73 bits per heavy atom. The van der Waals surface area contributed by atoms with Crippen molar-refractivity contribution in [2.45, 2.75) is 5.75 Å². The summed E-state index contributed by atoms with van der Waals surface area (Å²) < 4.78 is 1.04. The van der Waals surface area contributed by atoms with E-state index in [1.54, 1.807) is 0 Å². The lowest BCUT2D eigenvalue weighted by molar-refractivity contribution is 0.437. The molecule has 0 aliphatic rings. The molecule has 1 aromatic rings. The SMILES string of the molecule is CN(C)CCSCc1ccc(Br)cc1Cl. The number of hydrogen-bond acceptors (Lipinski definition) is 2. The second kappa shape index (κ2) is 6.79. The topological polar surface area (TPSA) is 3.24 Å². The smallest absolute Gasteiger partial charge is 0.0457 e. The number of nitrogens with zero attached hydrogens (tertiary/aromatic N) is 1. The molecular formula is C11H15BrClNS. The largest absolute Gasteiger partial charge is 0.309 e. The lowest BCUT2D eigenvalue weighted by Crippen LogP contribution is -2.14. The van der Waals surface area contributed by atoms with Crippen molar-refractivity contribution in [3.8, 4) is 0 Å². The molecule has 0 aliphatic carbocycles. The molecule has 0 heterocycles. The Balaban J connectivity index is 2.37. The van der Waals surface area contributed by atoms with E-state index in [-0.39, 0.29) is 0 Å². The van der Waals surface area contributed by atoms with Crippen molar-refractivity contribution in [1.29, 1.82) is 0 Å². The van der Waals surface area contributed by atoms with Crippen molar-refractivity contribution in [1.82, 2.24) is 4.90 Å². The molecule has 0 saturated carbocycles. The van der Waals surface area contributed by atoms with Crippen LogP contribution < -0.4 is 0 Å². The van der Waals surface area contributed by atoms with E-state index in [9.17, 15) is 0 Å². The average Bonchev–Trinajstić information content (AvgIpc) is 2.14. The zero-order valence-electron chi connectivity index (χ0n) is 8.96. The van der Waals surface area contributed by atoms with Crippen LogP contribution in [0.15, 0.2) is 22.7 Å². The van der Waals surface area contributed by atoms with Gasteiger partial charge in [0, 0.05) is 27.5 Å². The van der Waals surface area contributed by atoms with Gasteiger partial charge in [0.05, 0.1) is 0 Å². The molecule has 15 heavy (non-hydrogen) atoms. The molecule has 4 heteroatoms. The summed E-state index contributed by atoms with van der Waals surface area (Å²) in [5, 5.41) is 0.849. The van der Waals surface area contributed by atoms with E-state index in [1.165, 1.54) is 5.56 Å². The van der Waals surface area contributed by atoms with Gasteiger partial charge in [0.15, 0.2) is 0 Å². The van der Waals surface area contributed by atoms with Gasteiger partial charge in [-0.3, -0.25) is 0 Å². The van der Waals surface area contributed by atoms with E-state index in [4.69, 9.17) is 11.6 Å². The Morgan fingerprint density at radius 2 is 2.13 bits per heavy atom. The molecule has 0 fully saturated rings. The van der Waals surface area contributed by atoms with Crippen LogP contribution in [0, 0.1) is 0 Å². The molecule has 0 amide bonds. The van der Waals surface area contributed by atoms with Gasteiger partial charge in [0.1, 0.15) is 0 Å². The first kappa shape index (κ1) is 13.4. The van der Waals surface area contributed by atoms with Gasteiger partial charge in [-0.1, -0.05) is 33.6 Å². The highest BCUT2D eigenvalue weighted by atomic mass is 79.9. The third-order valence-corrected chi connectivity index (χ3v) is 3.79. The number of benzene rings is 1. The van der Waals surface area contributed by atoms with Crippen LogP contribution in [0.2, 0.25) is 5.02 Å². The van der Waals surface area contributed by atoms with E-state index in [2.05, 4.69) is 41.0 Å². The van der Waals surface area contributed by atoms with Gasteiger partial charge in [0.2, 0.25) is 0 Å². The predicted molar refractivity (Wildman–Crippen MR) is 73.9 cm³/mol. The van der Waals surface area contributed by atoms with Crippen LogP contribution in [0.5, 0.6) is 0 Å². The molecule has 0 atom stereocenters. The zero-order chi connectivity index (χ0) is 11.3. The highest BCUT2D eigenvalue weighted by Gasteiger charge is 2.01. The van der Waals surface area contributed by atoms with Crippen LogP contribution in [0.25, 0.3) is 0 Å². The van der Waals surface area contributed by atoms with Crippen LogP contribution in [0.4, 0.5) is 0 Å². The summed E-state index contributed by atoms with van der Waals surface area (Å²) in [5.41, 5.74) is 1.21. The highest BCUT2D eigenvalue weighted by Crippen LogP contribution is 2.24. The van der Waals surface area contributed by atoms with E-state index in [0.717, 1.165) is 27.5 Å².